The van der Waals surface area contributed by atoms with Crippen molar-refractivity contribution in [2.24, 2.45) is 11.3 Å². The van der Waals surface area contributed by atoms with Gasteiger partial charge in [0.25, 0.3) is 5.91 Å². The summed E-state index contributed by atoms with van der Waals surface area (Å²) in [6.45, 7) is 4.71. The second kappa shape index (κ2) is 7.41. The zero-order chi connectivity index (χ0) is 19.7. The maximum atomic E-state index is 12.8. The van der Waals surface area contributed by atoms with E-state index in [0.29, 0.717) is 31.7 Å². The highest BCUT2D eigenvalue weighted by atomic mass is 32.2. The van der Waals surface area contributed by atoms with E-state index in [-0.39, 0.29) is 29.8 Å². The summed E-state index contributed by atoms with van der Waals surface area (Å²) in [5.41, 5.74) is -0.649. The van der Waals surface area contributed by atoms with Crippen LogP contribution in [-0.4, -0.2) is 63.1 Å². The molecule has 0 radical (unpaired) electrons. The Morgan fingerprint density at radius 3 is 2.67 bits per heavy atom. The number of hydrogen-bond acceptors (Lipinski definition) is 5. The molecule has 0 spiro atoms. The van der Waals surface area contributed by atoms with Crippen LogP contribution < -0.4 is 4.72 Å². The van der Waals surface area contributed by atoms with Crippen molar-refractivity contribution in [2.45, 2.75) is 11.3 Å². The second-order valence-corrected chi connectivity index (χ2v) is 8.60. The SMILES string of the molecule is C=CCNS(=O)(=O)c1ccc(C(=O)N2C[C@H]3COCC[C@@]3(C(=O)O)C2)cc1. The number of carboxylic acid groups (broad SMARTS) is 1. The van der Waals surface area contributed by atoms with Gasteiger partial charge in [-0.2, -0.15) is 0 Å². The van der Waals surface area contributed by atoms with E-state index < -0.39 is 21.4 Å². The lowest BCUT2D eigenvalue weighted by atomic mass is 9.74. The molecule has 0 saturated carbocycles. The number of sulfonamides is 1. The number of hydrogen-bond donors (Lipinski definition) is 2. The number of fused-ring (bicyclic) bond motifs is 1. The molecule has 2 heterocycles. The molecule has 1 amide bonds. The molecule has 27 heavy (non-hydrogen) atoms. The molecular formula is C18H22N2O6S. The molecule has 8 nitrogen and oxygen atoms in total. The van der Waals surface area contributed by atoms with Crippen LogP contribution >= 0.6 is 0 Å². The van der Waals surface area contributed by atoms with Gasteiger partial charge >= 0.3 is 5.97 Å². The predicted molar refractivity (Wildman–Crippen MR) is 96.7 cm³/mol. The Morgan fingerprint density at radius 1 is 1.37 bits per heavy atom. The zero-order valence-corrected chi connectivity index (χ0v) is 15.6. The zero-order valence-electron chi connectivity index (χ0n) is 14.8. The molecule has 0 aliphatic carbocycles. The van der Waals surface area contributed by atoms with Gasteiger partial charge in [0.2, 0.25) is 10.0 Å². The molecule has 0 bridgehead atoms. The fraction of sp³-hybridized carbons (Fsp3) is 0.444. The van der Waals surface area contributed by atoms with Gasteiger partial charge in [0.1, 0.15) is 0 Å². The summed E-state index contributed by atoms with van der Waals surface area (Å²) < 4.78 is 31.9. The van der Waals surface area contributed by atoms with Gasteiger partial charge in [0.15, 0.2) is 0 Å². The Labute approximate surface area is 157 Å². The fourth-order valence-electron chi connectivity index (χ4n) is 3.67. The van der Waals surface area contributed by atoms with Crippen LogP contribution in [0.15, 0.2) is 41.8 Å². The molecule has 2 saturated heterocycles. The number of carbonyl (C=O) groups is 2. The van der Waals surface area contributed by atoms with Gasteiger partial charge in [-0.25, -0.2) is 13.1 Å². The number of ether oxygens (including phenoxy) is 1. The molecule has 0 unspecified atom stereocenters. The van der Waals surface area contributed by atoms with Crippen LogP contribution in [0, 0.1) is 11.3 Å². The van der Waals surface area contributed by atoms with Crippen molar-refractivity contribution in [3.05, 3.63) is 42.5 Å². The van der Waals surface area contributed by atoms with Crippen LogP contribution in [-0.2, 0) is 19.6 Å². The molecule has 2 fully saturated rings. The Hall–Kier alpha value is -2.23. The third-order valence-corrected chi connectivity index (χ3v) is 6.69. The van der Waals surface area contributed by atoms with E-state index in [1.807, 2.05) is 0 Å². The van der Waals surface area contributed by atoms with Gasteiger partial charge in [-0.05, 0) is 30.7 Å². The lowest BCUT2D eigenvalue weighted by molar-refractivity contribution is -0.157. The number of carboxylic acids is 1. The van der Waals surface area contributed by atoms with Crippen molar-refractivity contribution in [2.75, 3.05) is 32.8 Å². The lowest BCUT2D eigenvalue weighted by Gasteiger charge is -2.33. The first-order valence-electron chi connectivity index (χ1n) is 8.61. The molecule has 1 aromatic rings. The highest BCUT2D eigenvalue weighted by Gasteiger charge is 2.54. The summed E-state index contributed by atoms with van der Waals surface area (Å²) in [6, 6.07) is 5.60. The quantitative estimate of drug-likeness (QED) is 0.687. The van der Waals surface area contributed by atoms with Crippen LogP contribution in [0.5, 0.6) is 0 Å². The molecule has 2 N–H and O–H groups in total. The fourth-order valence-corrected chi connectivity index (χ4v) is 4.66. The molecule has 9 heteroatoms. The van der Waals surface area contributed by atoms with Gasteiger partial charge in [-0.1, -0.05) is 6.08 Å². The van der Waals surface area contributed by atoms with Gasteiger partial charge < -0.3 is 14.7 Å². The van der Waals surface area contributed by atoms with Gasteiger partial charge in [0.05, 0.1) is 16.9 Å². The topological polar surface area (TPSA) is 113 Å². The predicted octanol–water partition coefficient (Wildman–Crippen LogP) is 0.714. The minimum absolute atomic E-state index is 0.0476. The minimum atomic E-state index is -3.66. The number of nitrogens with one attached hydrogen (secondary N) is 1. The summed E-state index contributed by atoms with van der Waals surface area (Å²) in [5.74, 6) is -1.45. The van der Waals surface area contributed by atoms with Crippen LogP contribution in [0.2, 0.25) is 0 Å². The highest BCUT2D eigenvalue weighted by Crippen LogP contribution is 2.42. The van der Waals surface area contributed by atoms with Gasteiger partial charge in [-0.15, -0.1) is 6.58 Å². The summed E-state index contributed by atoms with van der Waals surface area (Å²) in [4.78, 5) is 26.2. The summed E-state index contributed by atoms with van der Waals surface area (Å²) in [5, 5.41) is 9.69. The minimum Gasteiger partial charge on any atom is -0.481 e. The third kappa shape index (κ3) is 3.62. The first kappa shape index (κ1) is 19.5. The first-order valence-corrected chi connectivity index (χ1v) is 10.1. The third-order valence-electron chi connectivity index (χ3n) is 5.25. The smallest absolute Gasteiger partial charge is 0.311 e. The number of aliphatic carboxylic acids is 1. The molecule has 2 aliphatic rings. The van der Waals surface area contributed by atoms with Crippen LogP contribution in [0.4, 0.5) is 0 Å². The molecule has 2 atom stereocenters. The van der Waals surface area contributed by atoms with E-state index in [1.54, 1.807) is 0 Å². The standard InChI is InChI=1S/C18H22N2O6S/c1-2-8-19-27(24,25)15-5-3-13(4-6-15)16(21)20-10-14-11-26-9-7-18(14,12-20)17(22)23/h2-6,14,19H,1,7-12H2,(H,22,23)/t14-,18+/m0/s1. The number of carbonyl (C=O) groups excluding carboxylic acids is 1. The summed E-state index contributed by atoms with van der Waals surface area (Å²) in [7, 11) is -3.66. The number of nitrogens with zero attached hydrogens (tertiary/aromatic N) is 1. The van der Waals surface area contributed by atoms with E-state index in [2.05, 4.69) is 11.3 Å². The number of likely N-dealkylation sites (tertiary alicyclic amines) is 1. The molecule has 2 aliphatic heterocycles. The van der Waals surface area contributed by atoms with E-state index in [1.165, 1.54) is 35.2 Å². The Kier molecular flexibility index (Phi) is 5.36. The average Bonchev–Trinajstić information content (AvgIpc) is 3.07. The maximum Gasteiger partial charge on any atom is 0.311 e. The van der Waals surface area contributed by atoms with Crippen LogP contribution in [0.3, 0.4) is 0 Å². The monoisotopic (exact) mass is 394 g/mol. The Balaban J connectivity index is 1.77. The van der Waals surface area contributed by atoms with Crippen molar-refractivity contribution in [3.8, 4) is 0 Å². The van der Waals surface area contributed by atoms with Crippen molar-refractivity contribution in [1.29, 1.82) is 0 Å². The van der Waals surface area contributed by atoms with Gasteiger partial charge in [0, 0.05) is 37.7 Å². The first-order chi connectivity index (χ1) is 12.8. The molecular weight excluding hydrogens is 372 g/mol. The maximum absolute atomic E-state index is 12.8. The molecule has 146 valence electrons. The highest BCUT2D eigenvalue weighted by molar-refractivity contribution is 7.89. The number of benzene rings is 1. The van der Waals surface area contributed by atoms with Crippen LogP contribution in [0.1, 0.15) is 16.8 Å². The second-order valence-electron chi connectivity index (χ2n) is 6.83. The van der Waals surface area contributed by atoms with Crippen molar-refractivity contribution in [3.63, 3.8) is 0 Å². The summed E-state index contributed by atoms with van der Waals surface area (Å²) in [6.07, 6.45) is 1.81. The van der Waals surface area contributed by atoms with E-state index >= 15 is 0 Å². The largest absolute Gasteiger partial charge is 0.481 e. The van der Waals surface area contributed by atoms with Crippen LogP contribution in [0.25, 0.3) is 0 Å². The molecule has 1 aromatic carbocycles. The van der Waals surface area contributed by atoms with Crippen molar-refractivity contribution < 1.29 is 27.9 Å². The Bertz CT molecular complexity index is 851. The Morgan fingerprint density at radius 2 is 2.07 bits per heavy atom. The van der Waals surface area contributed by atoms with Crippen molar-refractivity contribution in [1.82, 2.24) is 9.62 Å². The summed E-state index contributed by atoms with van der Waals surface area (Å²) >= 11 is 0. The average molecular weight is 394 g/mol. The van der Waals surface area contributed by atoms with Crippen molar-refractivity contribution >= 4 is 21.9 Å². The number of rotatable bonds is 6. The normalized spacial score (nSPS) is 25.0. The number of amides is 1. The van der Waals surface area contributed by atoms with E-state index in [9.17, 15) is 23.1 Å². The van der Waals surface area contributed by atoms with E-state index in [0.717, 1.165) is 0 Å². The molecule has 0 aromatic heterocycles. The van der Waals surface area contributed by atoms with Gasteiger partial charge in [-0.3, -0.25) is 9.59 Å². The van der Waals surface area contributed by atoms with E-state index in [4.69, 9.17) is 4.74 Å². The lowest BCUT2D eigenvalue weighted by Crippen LogP contribution is -2.45. The molecule has 3 rings (SSSR count).